The fourth-order valence-electron chi connectivity index (χ4n) is 4.87. The van der Waals surface area contributed by atoms with Gasteiger partial charge in [-0.15, -0.1) is 0 Å². The van der Waals surface area contributed by atoms with Crippen molar-refractivity contribution in [2.24, 2.45) is 0 Å². The SMILES string of the molecule is CC[Si](CC)(CC)OC(C)(C)[C@H](NC(=O)OCC1c2ccccc2-c2ccccc21)C(=O)O. The highest BCUT2D eigenvalue weighted by Gasteiger charge is 2.44. The summed E-state index contributed by atoms with van der Waals surface area (Å²) >= 11 is 0. The molecule has 2 aromatic rings. The Hall–Kier alpha value is -2.64. The van der Waals surface area contributed by atoms with E-state index in [9.17, 15) is 14.7 Å². The largest absolute Gasteiger partial charge is 0.480 e. The lowest BCUT2D eigenvalue weighted by atomic mass is 9.98. The number of alkyl carbamates (subject to hydrolysis) is 1. The highest BCUT2D eigenvalue weighted by atomic mass is 28.4. The second-order valence-corrected chi connectivity index (χ2v) is 13.9. The average Bonchev–Trinajstić information content (AvgIpc) is 3.13. The van der Waals surface area contributed by atoms with Gasteiger partial charge in [-0.1, -0.05) is 69.3 Å². The van der Waals surface area contributed by atoms with Crippen LogP contribution in [0.4, 0.5) is 4.79 Å². The van der Waals surface area contributed by atoms with Crippen LogP contribution in [0.5, 0.6) is 0 Å². The number of fused-ring (bicyclic) bond motifs is 3. The maximum Gasteiger partial charge on any atom is 0.407 e. The van der Waals surface area contributed by atoms with Crippen LogP contribution in [-0.2, 0) is 14.0 Å². The van der Waals surface area contributed by atoms with E-state index in [4.69, 9.17) is 9.16 Å². The van der Waals surface area contributed by atoms with Crippen LogP contribution in [0.2, 0.25) is 18.1 Å². The normalized spacial score (nSPS) is 14.3. The Balaban J connectivity index is 1.72. The molecule has 6 nitrogen and oxygen atoms in total. The number of carbonyl (C=O) groups is 2. The Morgan fingerprint density at radius 2 is 1.45 bits per heavy atom. The monoisotopic (exact) mass is 469 g/mol. The fraction of sp³-hybridized carbons (Fsp3) is 0.462. The predicted molar refractivity (Wildman–Crippen MR) is 132 cm³/mol. The summed E-state index contributed by atoms with van der Waals surface area (Å²) in [6.07, 6.45) is -0.752. The zero-order valence-electron chi connectivity index (χ0n) is 20.2. The van der Waals surface area contributed by atoms with Gasteiger partial charge in [0.2, 0.25) is 0 Å². The third kappa shape index (κ3) is 5.14. The van der Waals surface area contributed by atoms with Gasteiger partial charge in [-0.3, -0.25) is 0 Å². The molecular formula is C26H35NO5Si. The minimum Gasteiger partial charge on any atom is -0.480 e. The highest BCUT2D eigenvalue weighted by Crippen LogP contribution is 2.44. The van der Waals surface area contributed by atoms with Gasteiger partial charge < -0.3 is 19.6 Å². The first-order valence-electron chi connectivity index (χ1n) is 11.7. The molecule has 178 valence electrons. The summed E-state index contributed by atoms with van der Waals surface area (Å²) in [6.45, 7) is 9.86. The van der Waals surface area contributed by atoms with Crippen molar-refractivity contribution in [3.05, 3.63) is 59.7 Å². The maximum atomic E-state index is 12.7. The first kappa shape index (κ1) is 25.0. The Labute approximate surface area is 197 Å². The minimum absolute atomic E-state index is 0.0870. The lowest BCUT2D eigenvalue weighted by Crippen LogP contribution is -2.59. The molecule has 1 amide bonds. The first-order chi connectivity index (χ1) is 15.7. The number of hydrogen-bond donors (Lipinski definition) is 2. The van der Waals surface area contributed by atoms with E-state index >= 15 is 0 Å². The van der Waals surface area contributed by atoms with E-state index in [1.807, 2.05) is 36.4 Å². The number of carboxylic acids is 1. The molecule has 33 heavy (non-hydrogen) atoms. The molecule has 0 radical (unpaired) electrons. The molecule has 0 saturated heterocycles. The van der Waals surface area contributed by atoms with Crippen molar-refractivity contribution in [3.8, 4) is 11.1 Å². The number of hydrogen-bond acceptors (Lipinski definition) is 4. The van der Waals surface area contributed by atoms with Crippen molar-refractivity contribution in [1.29, 1.82) is 0 Å². The zero-order chi connectivity index (χ0) is 24.2. The van der Waals surface area contributed by atoms with E-state index in [1.165, 1.54) is 0 Å². The van der Waals surface area contributed by atoms with Gasteiger partial charge in [-0.25, -0.2) is 9.59 Å². The molecule has 0 fully saturated rings. The topological polar surface area (TPSA) is 84.9 Å². The fourth-order valence-corrected chi connectivity index (χ4v) is 8.04. The Morgan fingerprint density at radius 1 is 0.970 bits per heavy atom. The van der Waals surface area contributed by atoms with Gasteiger partial charge in [0, 0.05) is 5.92 Å². The number of carboxylic acid groups (broad SMARTS) is 1. The summed E-state index contributed by atoms with van der Waals surface area (Å²) < 4.78 is 12.0. The van der Waals surface area contributed by atoms with Gasteiger partial charge in [-0.05, 0) is 54.2 Å². The molecule has 1 atom stereocenters. The third-order valence-electron chi connectivity index (χ3n) is 6.96. The molecule has 2 N–H and O–H groups in total. The smallest absolute Gasteiger partial charge is 0.407 e. The van der Waals surface area contributed by atoms with Gasteiger partial charge in [0.25, 0.3) is 0 Å². The molecule has 3 rings (SSSR count). The van der Waals surface area contributed by atoms with Crippen molar-refractivity contribution < 1.29 is 23.9 Å². The molecule has 1 aliphatic rings. The van der Waals surface area contributed by atoms with Crippen LogP contribution in [0.1, 0.15) is 51.7 Å². The Morgan fingerprint density at radius 3 is 1.91 bits per heavy atom. The number of nitrogens with one attached hydrogen (secondary N) is 1. The zero-order valence-corrected chi connectivity index (χ0v) is 21.2. The molecule has 2 aromatic carbocycles. The van der Waals surface area contributed by atoms with Crippen LogP contribution in [0, 0.1) is 0 Å². The molecule has 7 heteroatoms. The Bertz CT molecular complexity index is 948. The van der Waals surface area contributed by atoms with E-state index in [0.29, 0.717) is 0 Å². The van der Waals surface area contributed by atoms with E-state index < -0.39 is 32.0 Å². The molecule has 0 aliphatic heterocycles. The molecule has 0 saturated carbocycles. The quantitative estimate of drug-likeness (QED) is 0.431. The van der Waals surface area contributed by atoms with Crippen LogP contribution in [-0.4, -0.2) is 43.7 Å². The summed E-state index contributed by atoms with van der Waals surface area (Å²) in [5.74, 6) is -1.23. The molecule has 1 aliphatic carbocycles. The molecule has 0 aromatic heterocycles. The molecule has 0 heterocycles. The number of aliphatic carboxylic acids is 1. The van der Waals surface area contributed by atoms with E-state index in [-0.39, 0.29) is 12.5 Å². The lowest BCUT2D eigenvalue weighted by Gasteiger charge is -2.41. The number of amides is 1. The summed E-state index contributed by atoms with van der Waals surface area (Å²) in [4.78, 5) is 24.8. The van der Waals surface area contributed by atoms with Crippen LogP contribution in [0.15, 0.2) is 48.5 Å². The first-order valence-corrected chi connectivity index (χ1v) is 14.3. The summed E-state index contributed by atoms with van der Waals surface area (Å²) in [5, 5.41) is 12.4. The minimum atomic E-state index is -2.09. The van der Waals surface area contributed by atoms with Gasteiger partial charge >= 0.3 is 12.1 Å². The molecule has 0 bridgehead atoms. The molecular weight excluding hydrogens is 434 g/mol. The number of benzene rings is 2. The maximum absolute atomic E-state index is 12.7. The van der Waals surface area contributed by atoms with Crippen molar-refractivity contribution in [3.63, 3.8) is 0 Å². The highest BCUT2D eigenvalue weighted by molar-refractivity contribution is 6.73. The second-order valence-electron chi connectivity index (χ2n) is 9.19. The van der Waals surface area contributed by atoms with Gasteiger partial charge in [-0.2, -0.15) is 0 Å². The van der Waals surface area contributed by atoms with Crippen molar-refractivity contribution in [2.45, 2.75) is 70.3 Å². The second kappa shape index (κ2) is 10.1. The van der Waals surface area contributed by atoms with Crippen molar-refractivity contribution >= 4 is 20.4 Å². The number of carbonyl (C=O) groups excluding carboxylic acids is 1. The summed E-state index contributed by atoms with van der Waals surface area (Å²) in [7, 11) is -2.09. The van der Waals surface area contributed by atoms with E-state index in [1.54, 1.807) is 13.8 Å². The summed E-state index contributed by atoms with van der Waals surface area (Å²) in [6, 6.07) is 17.6. The Kier molecular flexibility index (Phi) is 7.64. The molecule has 0 unspecified atom stereocenters. The van der Waals surface area contributed by atoms with Gasteiger partial charge in [0.1, 0.15) is 6.61 Å². The molecule has 0 spiro atoms. The summed E-state index contributed by atoms with van der Waals surface area (Å²) in [5.41, 5.74) is 3.43. The van der Waals surface area contributed by atoms with E-state index in [0.717, 1.165) is 40.4 Å². The van der Waals surface area contributed by atoms with Crippen LogP contribution >= 0.6 is 0 Å². The van der Waals surface area contributed by atoms with Gasteiger partial charge in [0.15, 0.2) is 14.4 Å². The standard InChI is InChI=1S/C26H35NO5Si/c1-6-33(7-2,8-3)32-26(4,5)23(24(28)29)27-25(30)31-17-22-20-15-11-9-13-18(20)19-14-10-12-16-21(19)22/h9-16,22-23H,6-8,17H2,1-5H3,(H,27,30)(H,28,29)/t23-/m1/s1. The average molecular weight is 470 g/mol. The van der Waals surface area contributed by atoms with Gasteiger partial charge in [0.05, 0.1) is 5.60 Å². The predicted octanol–water partition coefficient (Wildman–Crippen LogP) is 5.78. The third-order valence-corrected chi connectivity index (χ3v) is 11.8. The van der Waals surface area contributed by atoms with Crippen LogP contribution in [0.3, 0.4) is 0 Å². The van der Waals surface area contributed by atoms with Crippen molar-refractivity contribution in [2.75, 3.05) is 6.61 Å². The van der Waals surface area contributed by atoms with E-state index in [2.05, 4.69) is 38.2 Å². The van der Waals surface area contributed by atoms with Crippen LogP contribution in [0.25, 0.3) is 11.1 Å². The lowest BCUT2D eigenvalue weighted by molar-refractivity contribution is -0.144. The number of rotatable bonds is 10. The number of ether oxygens (including phenoxy) is 1. The van der Waals surface area contributed by atoms with Crippen molar-refractivity contribution in [1.82, 2.24) is 5.32 Å². The van der Waals surface area contributed by atoms with Crippen LogP contribution < -0.4 is 5.32 Å².